The number of aliphatic hydroxyl groups excluding tert-OH is 1. The molecular formula is C30H34O6. The molecule has 36 heavy (non-hydrogen) atoms. The Morgan fingerprint density at radius 1 is 0.722 bits per heavy atom. The van der Waals surface area contributed by atoms with Crippen molar-refractivity contribution in [2.75, 3.05) is 7.11 Å². The van der Waals surface area contributed by atoms with Crippen molar-refractivity contribution in [3.05, 3.63) is 120 Å². The van der Waals surface area contributed by atoms with Crippen LogP contribution in [0.25, 0.3) is 0 Å². The molecule has 1 heterocycles. The molecule has 0 spiro atoms. The van der Waals surface area contributed by atoms with Crippen molar-refractivity contribution >= 4 is 0 Å². The maximum atomic E-state index is 10.8. The van der Waals surface area contributed by atoms with Gasteiger partial charge in [-0.15, -0.1) is 6.58 Å². The minimum atomic E-state index is -0.985. The van der Waals surface area contributed by atoms with E-state index in [0.717, 1.165) is 16.7 Å². The molecule has 0 saturated carbocycles. The fourth-order valence-corrected chi connectivity index (χ4v) is 4.29. The van der Waals surface area contributed by atoms with Gasteiger partial charge in [-0.2, -0.15) is 0 Å². The maximum Gasteiger partial charge on any atom is 0.186 e. The molecule has 0 unspecified atom stereocenters. The van der Waals surface area contributed by atoms with Gasteiger partial charge >= 0.3 is 0 Å². The van der Waals surface area contributed by atoms with E-state index in [-0.39, 0.29) is 0 Å². The molecule has 6 heteroatoms. The largest absolute Gasteiger partial charge is 0.386 e. The zero-order chi connectivity index (χ0) is 25.2. The van der Waals surface area contributed by atoms with E-state index >= 15 is 0 Å². The van der Waals surface area contributed by atoms with E-state index in [0.29, 0.717) is 19.8 Å². The smallest absolute Gasteiger partial charge is 0.186 e. The number of ether oxygens (including phenoxy) is 5. The van der Waals surface area contributed by atoms with E-state index in [4.69, 9.17) is 23.7 Å². The van der Waals surface area contributed by atoms with E-state index in [2.05, 4.69) is 6.58 Å². The van der Waals surface area contributed by atoms with Crippen molar-refractivity contribution in [1.82, 2.24) is 0 Å². The third-order valence-electron chi connectivity index (χ3n) is 6.20. The fraction of sp³-hybridized carbons (Fsp3) is 0.333. The van der Waals surface area contributed by atoms with E-state index < -0.39 is 36.8 Å². The van der Waals surface area contributed by atoms with Crippen LogP contribution in [0.2, 0.25) is 0 Å². The van der Waals surface area contributed by atoms with Crippen LogP contribution in [-0.2, 0) is 43.5 Å². The number of hydrogen-bond acceptors (Lipinski definition) is 6. The van der Waals surface area contributed by atoms with Gasteiger partial charge in [0.05, 0.1) is 19.8 Å². The minimum absolute atomic E-state index is 0.323. The summed E-state index contributed by atoms with van der Waals surface area (Å²) >= 11 is 0. The Labute approximate surface area is 213 Å². The van der Waals surface area contributed by atoms with Crippen molar-refractivity contribution in [2.24, 2.45) is 0 Å². The Hall–Kier alpha value is -2.84. The summed E-state index contributed by atoms with van der Waals surface area (Å²) in [4.78, 5) is 0. The standard InChI is InChI=1S/C30H34O6/c1-3-25(31)26-27(33-19-22-13-7-4-8-14-22)28(34-20-23-15-9-5-10-16-23)29(30(32-2)36-26)35-21-24-17-11-6-12-18-24/h3-18,25-31H,1,19-21H2,2H3/t25-,26-,27-,28+,29-,30+/m1/s1. The van der Waals surface area contributed by atoms with Crippen molar-refractivity contribution < 1.29 is 28.8 Å². The first-order valence-electron chi connectivity index (χ1n) is 12.1. The van der Waals surface area contributed by atoms with E-state index in [1.165, 1.54) is 6.08 Å². The van der Waals surface area contributed by atoms with Gasteiger partial charge in [-0.25, -0.2) is 0 Å². The lowest BCUT2D eigenvalue weighted by Crippen LogP contribution is -2.63. The van der Waals surface area contributed by atoms with Crippen LogP contribution >= 0.6 is 0 Å². The van der Waals surface area contributed by atoms with Crippen LogP contribution < -0.4 is 0 Å². The van der Waals surface area contributed by atoms with E-state index in [9.17, 15) is 5.11 Å². The van der Waals surface area contributed by atoms with Crippen LogP contribution in [0.4, 0.5) is 0 Å². The molecule has 0 aromatic heterocycles. The maximum absolute atomic E-state index is 10.8. The van der Waals surface area contributed by atoms with Gasteiger partial charge in [-0.3, -0.25) is 0 Å². The Balaban J connectivity index is 1.61. The number of benzene rings is 3. The first kappa shape index (κ1) is 26.2. The summed E-state index contributed by atoms with van der Waals surface area (Å²) in [5.74, 6) is 0. The molecule has 1 aliphatic heterocycles. The molecule has 1 fully saturated rings. The summed E-state index contributed by atoms with van der Waals surface area (Å²) in [6.07, 6.45) is -2.91. The number of hydrogen-bond donors (Lipinski definition) is 1. The van der Waals surface area contributed by atoms with Crippen molar-refractivity contribution in [3.63, 3.8) is 0 Å². The van der Waals surface area contributed by atoms with Gasteiger partial charge in [0.25, 0.3) is 0 Å². The summed E-state index contributed by atoms with van der Waals surface area (Å²) < 4.78 is 31.1. The second-order valence-corrected chi connectivity index (χ2v) is 8.71. The molecule has 0 radical (unpaired) electrons. The first-order valence-corrected chi connectivity index (χ1v) is 12.1. The van der Waals surface area contributed by atoms with Crippen LogP contribution in [0.3, 0.4) is 0 Å². The highest BCUT2D eigenvalue weighted by molar-refractivity contribution is 5.16. The highest BCUT2D eigenvalue weighted by Crippen LogP contribution is 2.32. The second-order valence-electron chi connectivity index (χ2n) is 8.71. The molecule has 3 aromatic carbocycles. The molecule has 4 rings (SSSR count). The quantitative estimate of drug-likeness (QED) is 0.373. The van der Waals surface area contributed by atoms with Crippen LogP contribution in [0, 0.1) is 0 Å². The number of rotatable bonds is 12. The molecule has 1 aliphatic rings. The molecular weight excluding hydrogens is 456 g/mol. The van der Waals surface area contributed by atoms with Gasteiger partial charge in [0.15, 0.2) is 6.29 Å². The van der Waals surface area contributed by atoms with Gasteiger partial charge in [0.2, 0.25) is 0 Å². The SMILES string of the molecule is C=C[C@@H](O)[C@H]1O[C@H](OC)[C@H](OCc2ccccc2)[C@@H](OCc2ccccc2)[C@@H]1OCc1ccccc1. The third-order valence-corrected chi connectivity index (χ3v) is 6.20. The van der Waals surface area contributed by atoms with Crippen LogP contribution in [-0.4, -0.2) is 49.0 Å². The highest BCUT2D eigenvalue weighted by Gasteiger charge is 2.50. The molecule has 6 nitrogen and oxygen atoms in total. The van der Waals surface area contributed by atoms with Gasteiger partial charge in [0, 0.05) is 7.11 Å². The van der Waals surface area contributed by atoms with Crippen molar-refractivity contribution in [3.8, 4) is 0 Å². The fourth-order valence-electron chi connectivity index (χ4n) is 4.29. The molecule has 6 atom stereocenters. The van der Waals surface area contributed by atoms with Gasteiger partial charge in [0.1, 0.15) is 30.5 Å². The van der Waals surface area contributed by atoms with Gasteiger partial charge in [-0.1, -0.05) is 97.1 Å². The summed E-state index contributed by atoms with van der Waals surface area (Å²) in [5.41, 5.74) is 3.04. The predicted octanol–water partition coefficient (Wildman–Crippen LogP) is 4.66. The molecule has 0 aliphatic carbocycles. The number of methoxy groups -OCH3 is 1. The highest BCUT2D eigenvalue weighted by atomic mass is 16.7. The Morgan fingerprint density at radius 2 is 1.14 bits per heavy atom. The molecule has 1 N–H and O–H groups in total. The Morgan fingerprint density at radius 3 is 1.56 bits per heavy atom. The van der Waals surface area contributed by atoms with Crippen LogP contribution in [0.1, 0.15) is 16.7 Å². The average Bonchev–Trinajstić information content (AvgIpc) is 2.94. The Kier molecular flexibility index (Phi) is 9.81. The molecule has 1 saturated heterocycles. The van der Waals surface area contributed by atoms with E-state index in [1.807, 2.05) is 91.0 Å². The van der Waals surface area contributed by atoms with Crippen LogP contribution in [0.5, 0.6) is 0 Å². The second kappa shape index (κ2) is 13.5. The lowest BCUT2D eigenvalue weighted by Gasteiger charge is -2.46. The minimum Gasteiger partial charge on any atom is -0.386 e. The zero-order valence-electron chi connectivity index (χ0n) is 20.5. The van der Waals surface area contributed by atoms with E-state index in [1.54, 1.807) is 7.11 Å². The summed E-state index contributed by atoms with van der Waals surface area (Å²) in [5, 5.41) is 10.8. The molecule has 3 aromatic rings. The van der Waals surface area contributed by atoms with Gasteiger partial charge in [-0.05, 0) is 16.7 Å². The molecule has 0 amide bonds. The number of aliphatic hydroxyl groups is 1. The van der Waals surface area contributed by atoms with Crippen molar-refractivity contribution in [1.29, 1.82) is 0 Å². The predicted molar refractivity (Wildman–Crippen MR) is 137 cm³/mol. The Bertz CT molecular complexity index is 1030. The first-order chi connectivity index (χ1) is 17.7. The summed E-state index contributed by atoms with van der Waals surface area (Å²) in [6, 6.07) is 29.7. The topological polar surface area (TPSA) is 66.4 Å². The normalized spacial score (nSPS) is 24.8. The summed E-state index contributed by atoms with van der Waals surface area (Å²) in [6.45, 7) is 4.77. The van der Waals surface area contributed by atoms with Crippen molar-refractivity contribution in [2.45, 2.75) is 56.6 Å². The molecule has 0 bridgehead atoms. The molecule has 190 valence electrons. The lowest BCUT2D eigenvalue weighted by molar-refractivity contribution is -0.326. The van der Waals surface area contributed by atoms with Crippen LogP contribution in [0.15, 0.2) is 104 Å². The third kappa shape index (κ3) is 6.89. The summed E-state index contributed by atoms with van der Waals surface area (Å²) in [7, 11) is 1.56. The zero-order valence-corrected chi connectivity index (χ0v) is 20.5. The average molecular weight is 491 g/mol. The monoisotopic (exact) mass is 490 g/mol. The van der Waals surface area contributed by atoms with Gasteiger partial charge < -0.3 is 28.8 Å². The lowest BCUT2D eigenvalue weighted by atomic mass is 9.94.